The number of carbonyl (C=O) groups is 3. The number of nitrogens with one attached hydrogen (secondary N) is 2. The van der Waals surface area contributed by atoms with Crippen LogP contribution < -0.4 is 10.9 Å². The molecule has 12 nitrogen and oxygen atoms in total. The second kappa shape index (κ2) is 11.3. The predicted octanol–water partition coefficient (Wildman–Crippen LogP) is 2.77. The van der Waals surface area contributed by atoms with Crippen LogP contribution in [0.25, 0.3) is 0 Å². The van der Waals surface area contributed by atoms with E-state index in [1.807, 2.05) is 0 Å². The van der Waals surface area contributed by atoms with Crippen molar-refractivity contribution in [2.24, 2.45) is 0 Å². The number of aryl methyl sites for hydroxylation is 1. The van der Waals surface area contributed by atoms with Crippen LogP contribution in [0, 0.1) is 17.0 Å². The van der Waals surface area contributed by atoms with E-state index in [4.69, 9.17) is 0 Å². The highest BCUT2D eigenvalue weighted by atomic mass is 79.9. The van der Waals surface area contributed by atoms with Gasteiger partial charge in [-0.1, -0.05) is 15.9 Å². The van der Waals surface area contributed by atoms with E-state index in [2.05, 4.69) is 26.2 Å². The molecule has 3 amide bonds. The largest absolute Gasteiger partial charge is 0.406 e. The van der Waals surface area contributed by atoms with Crippen LogP contribution in [0.15, 0.2) is 33.5 Å². The zero-order chi connectivity index (χ0) is 31.1. The summed E-state index contributed by atoms with van der Waals surface area (Å²) in [4.78, 5) is 65.9. The van der Waals surface area contributed by atoms with Crippen molar-refractivity contribution in [3.63, 3.8) is 0 Å². The first-order chi connectivity index (χ1) is 19.4. The molecule has 0 bridgehead atoms. The minimum atomic E-state index is -4.67. The number of rotatable bonds is 6. The SMILES string of the molecule is Cc1cc(C(=O)N2C[C@H](Nc3c(C(=O)N4CCN(CC(F)(F)F)C(=O)C4)cc(Br)cc3[N+](=O)[O-])C(F)(F)C2)cc(=O)[nH]1. The maximum Gasteiger partial charge on any atom is 0.406 e. The number of H-pyrrole nitrogens is 1. The molecule has 1 aromatic carbocycles. The molecule has 2 N–H and O–H groups in total. The molecule has 1 atom stereocenters. The normalized spacial score (nSPS) is 18.8. The van der Waals surface area contributed by atoms with Gasteiger partial charge in [0.2, 0.25) is 11.5 Å². The van der Waals surface area contributed by atoms with Crippen LogP contribution in [-0.4, -0.2) is 99.7 Å². The Kier molecular flexibility index (Phi) is 8.30. The molecule has 2 aliphatic heterocycles. The number of aromatic amines is 1. The van der Waals surface area contributed by atoms with Gasteiger partial charge in [-0.15, -0.1) is 0 Å². The fourth-order valence-electron chi connectivity index (χ4n) is 4.74. The number of nitrogens with zero attached hydrogens (tertiary/aromatic N) is 4. The van der Waals surface area contributed by atoms with E-state index in [9.17, 15) is 42.5 Å². The maximum absolute atomic E-state index is 15.2. The molecule has 0 spiro atoms. The number of alkyl halides is 5. The Hall–Kier alpha value is -4.09. The number of benzene rings is 1. The Balaban J connectivity index is 1.62. The van der Waals surface area contributed by atoms with E-state index < -0.39 is 96.0 Å². The molecule has 2 saturated heterocycles. The fraction of sp³-hybridized carbons (Fsp3) is 0.417. The van der Waals surface area contributed by atoms with Crippen LogP contribution in [0.4, 0.5) is 33.3 Å². The number of anilines is 1. The van der Waals surface area contributed by atoms with Crippen LogP contribution in [0.1, 0.15) is 26.4 Å². The number of nitro benzene ring substituents is 1. The number of hydrogen-bond donors (Lipinski definition) is 2. The van der Waals surface area contributed by atoms with Gasteiger partial charge in [0.15, 0.2) is 0 Å². The van der Waals surface area contributed by atoms with E-state index in [1.54, 1.807) is 0 Å². The maximum atomic E-state index is 15.2. The van der Waals surface area contributed by atoms with Crippen LogP contribution >= 0.6 is 15.9 Å². The highest BCUT2D eigenvalue weighted by Gasteiger charge is 2.51. The van der Waals surface area contributed by atoms with Crippen molar-refractivity contribution in [1.29, 1.82) is 0 Å². The second-order valence-electron chi connectivity index (χ2n) is 9.82. The van der Waals surface area contributed by atoms with Gasteiger partial charge >= 0.3 is 6.18 Å². The van der Waals surface area contributed by atoms with Gasteiger partial charge in [-0.2, -0.15) is 13.2 Å². The number of carbonyl (C=O) groups excluding carboxylic acids is 3. The number of piperazine rings is 1. The van der Waals surface area contributed by atoms with Crippen LogP contribution in [0.5, 0.6) is 0 Å². The Labute approximate surface area is 241 Å². The van der Waals surface area contributed by atoms with Crippen molar-refractivity contribution >= 4 is 45.0 Å². The molecule has 4 rings (SSSR count). The number of pyridine rings is 1. The Morgan fingerprint density at radius 3 is 2.43 bits per heavy atom. The van der Waals surface area contributed by atoms with Crippen molar-refractivity contribution in [3.05, 3.63) is 66.0 Å². The molecule has 18 heteroatoms. The van der Waals surface area contributed by atoms with E-state index >= 15 is 8.78 Å². The minimum Gasteiger partial charge on any atom is -0.369 e. The minimum absolute atomic E-state index is 0.0183. The number of amides is 3. The standard InChI is InChI=1S/C24H22BrF5N6O6/c1-12-4-13(5-18(37)31-12)21(39)35-8-17(23(26,27)10-35)32-20-15(6-14(25)7-16(20)36(41)42)22(40)33-2-3-34(19(38)9-33)11-24(28,29)30/h4-7,17,32H,2-3,8-11H2,1H3,(H,31,37)/t17-/m0/s1. The Bertz CT molecular complexity index is 1520. The molecule has 1 aromatic heterocycles. The number of nitro groups is 1. The third kappa shape index (κ3) is 6.69. The van der Waals surface area contributed by atoms with E-state index in [-0.39, 0.29) is 16.6 Å². The van der Waals surface area contributed by atoms with Gasteiger partial charge in [0.25, 0.3) is 23.4 Å². The molecule has 3 heterocycles. The molecule has 0 saturated carbocycles. The molecule has 0 unspecified atom stereocenters. The average molecular weight is 665 g/mol. The van der Waals surface area contributed by atoms with Gasteiger partial charge < -0.3 is 25.0 Å². The summed E-state index contributed by atoms with van der Waals surface area (Å²) in [5.41, 5.74) is -2.33. The molecule has 2 aromatic rings. The van der Waals surface area contributed by atoms with Crippen molar-refractivity contribution in [2.45, 2.75) is 25.1 Å². The summed E-state index contributed by atoms with van der Waals surface area (Å²) < 4.78 is 68.6. The van der Waals surface area contributed by atoms with Gasteiger partial charge in [-0.3, -0.25) is 29.3 Å². The van der Waals surface area contributed by atoms with Gasteiger partial charge in [0.05, 0.1) is 17.0 Å². The van der Waals surface area contributed by atoms with Crippen molar-refractivity contribution in [2.75, 3.05) is 44.6 Å². The first-order valence-corrected chi connectivity index (χ1v) is 13.0. The summed E-state index contributed by atoms with van der Waals surface area (Å²) in [5, 5.41) is 14.2. The van der Waals surface area contributed by atoms with Gasteiger partial charge in [0, 0.05) is 47.5 Å². The highest BCUT2D eigenvalue weighted by Crippen LogP contribution is 2.38. The molecular formula is C24H22BrF5N6O6. The lowest BCUT2D eigenvalue weighted by Crippen LogP contribution is -2.54. The second-order valence-corrected chi connectivity index (χ2v) is 10.7. The quantitative estimate of drug-likeness (QED) is 0.274. The summed E-state index contributed by atoms with van der Waals surface area (Å²) in [6.45, 7) is -3.37. The molecule has 2 aliphatic rings. The molecule has 42 heavy (non-hydrogen) atoms. The number of halogens is 6. The average Bonchev–Trinajstić information content (AvgIpc) is 3.17. The topological polar surface area (TPSA) is 149 Å². The lowest BCUT2D eigenvalue weighted by atomic mass is 10.1. The van der Waals surface area contributed by atoms with Crippen molar-refractivity contribution < 1.29 is 41.3 Å². The van der Waals surface area contributed by atoms with Crippen molar-refractivity contribution in [3.8, 4) is 0 Å². The smallest absolute Gasteiger partial charge is 0.369 e. The number of hydrogen-bond acceptors (Lipinski definition) is 7. The van der Waals surface area contributed by atoms with Crippen LogP contribution in [-0.2, 0) is 4.79 Å². The van der Waals surface area contributed by atoms with Crippen molar-refractivity contribution in [1.82, 2.24) is 19.7 Å². The Morgan fingerprint density at radius 1 is 1.14 bits per heavy atom. The number of likely N-dealkylation sites (tertiary alicyclic amines) is 1. The molecular weight excluding hydrogens is 643 g/mol. The Morgan fingerprint density at radius 2 is 1.83 bits per heavy atom. The summed E-state index contributed by atoms with van der Waals surface area (Å²) in [7, 11) is 0. The summed E-state index contributed by atoms with van der Waals surface area (Å²) >= 11 is 3.03. The summed E-state index contributed by atoms with van der Waals surface area (Å²) in [6.07, 6.45) is -4.67. The van der Waals surface area contributed by atoms with E-state index in [0.29, 0.717) is 10.6 Å². The molecule has 0 radical (unpaired) electrons. The number of aromatic nitrogens is 1. The van der Waals surface area contributed by atoms with E-state index in [1.165, 1.54) is 13.0 Å². The first kappa shape index (κ1) is 30.9. The third-order valence-corrected chi connectivity index (χ3v) is 7.09. The van der Waals surface area contributed by atoms with Gasteiger partial charge in [-0.25, -0.2) is 8.78 Å². The van der Waals surface area contributed by atoms with Gasteiger partial charge in [-0.05, 0) is 19.1 Å². The summed E-state index contributed by atoms with van der Waals surface area (Å²) in [5.74, 6) is -6.57. The lowest BCUT2D eigenvalue weighted by molar-refractivity contribution is -0.384. The predicted molar refractivity (Wildman–Crippen MR) is 139 cm³/mol. The fourth-order valence-corrected chi connectivity index (χ4v) is 5.19. The monoisotopic (exact) mass is 664 g/mol. The summed E-state index contributed by atoms with van der Waals surface area (Å²) in [6, 6.07) is 2.38. The van der Waals surface area contributed by atoms with Crippen LogP contribution in [0.2, 0.25) is 0 Å². The highest BCUT2D eigenvalue weighted by molar-refractivity contribution is 9.10. The lowest BCUT2D eigenvalue weighted by Gasteiger charge is -2.35. The van der Waals surface area contributed by atoms with Gasteiger partial charge in [0.1, 0.15) is 24.8 Å². The van der Waals surface area contributed by atoms with E-state index in [0.717, 1.165) is 28.0 Å². The zero-order valence-electron chi connectivity index (χ0n) is 21.6. The molecule has 226 valence electrons. The molecule has 0 aliphatic carbocycles. The van der Waals surface area contributed by atoms with Crippen LogP contribution in [0.3, 0.4) is 0 Å². The molecule has 2 fully saturated rings. The first-order valence-electron chi connectivity index (χ1n) is 12.2. The zero-order valence-corrected chi connectivity index (χ0v) is 23.2. The third-order valence-electron chi connectivity index (χ3n) is 6.63.